The largest absolute Gasteiger partial charge is 0.466 e. The summed E-state index contributed by atoms with van der Waals surface area (Å²) in [5, 5.41) is 0. The van der Waals surface area contributed by atoms with Crippen molar-refractivity contribution in [2.45, 2.75) is 39.2 Å². The number of benzene rings is 2. The first-order valence-electron chi connectivity index (χ1n) is 11.5. The van der Waals surface area contributed by atoms with Gasteiger partial charge in [0.15, 0.2) is 0 Å². The Labute approximate surface area is 204 Å². The van der Waals surface area contributed by atoms with Gasteiger partial charge in [0.2, 0.25) is 5.91 Å². The van der Waals surface area contributed by atoms with Crippen molar-refractivity contribution in [3.05, 3.63) is 70.2 Å². The van der Waals surface area contributed by atoms with Crippen LogP contribution in [-0.2, 0) is 14.3 Å². The molecule has 2 amide bonds. The first-order valence-corrected chi connectivity index (χ1v) is 12.3. The summed E-state index contributed by atoms with van der Waals surface area (Å²) in [6.07, 6.45) is 1.71. The molecular formula is C26H31BrN2O4. The Morgan fingerprint density at radius 3 is 2.61 bits per heavy atom. The number of nitrogens with zero attached hydrogens (tertiary/aromatic N) is 2. The molecule has 0 spiro atoms. The summed E-state index contributed by atoms with van der Waals surface area (Å²) < 4.78 is 5.97. The van der Waals surface area contributed by atoms with E-state index in [4.69, 9.17) is 4.74 Å². The summed E-state index contributed by atoms with van der Waals surface area (Å²) in [6, 6.07) is 16.9. The van der Waals surface area contributed by atoms with Gasteiger partial charge < -0.3 is 14.5 Å². The fraction of sp³-hybridized carbons (Fsp3) is 0.423. The second kappa shape index (κ2) is 12.0. The predicted octanol–water partition coefficient (Wildman–Crippen LogP) is 4.84. The molecule has 1 saturated heterocycles. The Morgan fingerprint density at radius 1 is 1.15 bits per heavy atom. The summed E-state index contributed by atoms with van der Waals surface area (Å²) in [6.45, 7) is 5.41. The average Bonchev–Trinajstić information content (AvgIpc) is 2.84. The SMILES string of the molecule is CCOC(=O)C1CCCN(C(=O)CCN(C(=O)c2cccc(Br)c2)C(C)c2ccccc2)C1. The Hall–Kier alpha value is -2.67. The molecule has 0 radical (unpaired) electrons. The number of ether oxygens (including phenoxy) is 1. The third-order valence-electron chi connectivity index (χ3n) is 6.04. The Morgan fingerprint density at radius 2 is 1.91 bits per heavy atom. The van der Waals surface area contributed by atoms with Gasteiger partial charge >= 0.3 is 5.97 Å². The Balaban J connectivity index is 1.72. The quantitative estimate of drug-likeness (QED) is 0.472. The molecule has 0 saturated carbocycles. The van der Waals surface area contributed by atoms with Gasteiger partial charge in [-0.25, -0.2) is 0 Å². The van der Waals surface area contributed by atoms with Crippen LogP contribution in [0.5, 0.6) is 0 Å². The zero-order chi connectivity index (χ0) is 23.8. The second-order valence-corrected chi connectivity index (χ2v) is 9.19. The number of carbonyl (C=O) groups is 3. The van der Waals surface area contributed by atoms with Gasteiger partial charge in [0.05, 0.1) is 18.6 Å². The van der Waals surface area contributed by atoms with Crippen molar-refractivity contribution in [2.24, 2.45) is 5.92 Å². The monoisotopic (exact) mass is 514 g/mol. The maximum absolute atomic E-state index is 13.4. The lowest BCUT2D eigenvalue weighted by atomic mass is 9.98. The molecule has 2 unspecified atom stereocenters. The molecule has 1 heterocycles. The van der Waals surface area contributed by atoms with Gasteiger partial charge in [0.1, 0.15) is 0 Å². The maximum Gasteiger partial charge on any atom is 0.310 e. The van der Waals surface area contributed by atoms with Crippen LogP contribution in [0.2, 0.25) is 0 Å². The molecule has 2 atom stereocenters. The van der Waals surface area contributed by atoms with E-state index in [0.29, 0.717) is 31.8 Å². The molecule has 2 aromatic rings. The summed E-state index contributed by atoms with van der Waals surface area (Å²) in [7, 11) is 0. The Bertz CT molecular complexity index is 966. The van der Waals surface area contributed by atoms with E-state index in [2.05, 4.69) is 15.9 Å². The topological polar surface area (TPSA) is 66.9 Å². The molecule has 33 heavy (non-hydrogen) atoms. The number of amides is 2. The highest BCUT2D eigenvalue weighted by molar-refractivity contribution is 9.10. The van der Waals surface area contributed by atoms with Crippen LogP contribution < -0.4 is 0 Å². The van der Waals surface area contributed by atoms with Crippen LogP contribution in [0.4, 0.5) is 0 Å². The van der Waals surface area contributed by atoms with Gasteiger partial charge in [-0.1, -0.05) is 52.3 Å². The van der Waals surface area contributed by atoms with E-state index in [1.165, 1.54) is 0 Å². The molecule has 1 aliphatic rings. The van der Waals surface area contributed by atoms with E-state index < -0.39 is 0 Å². The smallest absolute Gasteiger partial charge is 0.310 e. The van der Waals surface area contributed by atoms with E-state index in [0.717, 1.165) is 22.9 Å². The van der Waals surface area contributed by atoms with E-state index in [1.54, 1.807) is 28.9 Å². The minimum atomic E-state index is -0.273. The number of likely N-dealkylation sites (tertiary alicyclic amines) is 1. The molecule has 176 valence electrons. The molecule has 0 N–H and O–H groups in total. The van der Waals surface area contributed by atoms with Gasteiger partial charge in [0, 0.05) is 36.1 Å². The van der Waals surface area contributed by atoms with E-state index in [9.17, 15) is 14.4 Å². The lowest BCUT2D eigenvalue weighted by molar-refractivity contribution is -0.151. The lowest BCUT2D eigenvalue weighted by Crippen LogP contribution is -2.44. The Kier molecular flexibility index (Phi) is 9.06. The van der Waals surface area contributed by atoms with Crippen LogP contribution in [0.25, 0.3) is 0 Å². The predicted molar refractivity (Wildman–Crippen MR) is 131 cm³/mol. The highest BCUT2D eigenvalue weighted by atomic mass is 79.9. The summed E-state index contributed by atoms with van der Waals surface area (Å²) in [5.74, 6) is -0.677. The van der Waals surface area contributed by atoms with Gasteiger partial charge in [-0.05, 0) is 50.5 Å². The number of hydrogen-bond donors (Lipinski definition) is 0. The van der Waals surface area contributed by atoms with Crippen molar-refractivity contribution in [1.82, 2.24) is 9.80 Å². The van der Waals surface area contributed by atoms with Crippen LogP contribution in [-0.4, -0.2) is 53.8 Å². The zero-order valence-electron chi connectivity index (χ0n) is 19.2. The van der Waals surface area contributed by atoms with E-state index in [1.807, 2.05) is 49.4 Å². The lowest BCUT2D eigenvalue weighted by Gasteiger charge is -2.33. The number of piperidine rings is 1. The molecule has 0 aromatic heterocycles. The van der Waals surface area contributed by atoms with Crippen molar-refractivity contribution in [3.8, 4) is 0 Å². The molecule has 0 bridgehead atoms. The van der Waals surface area contributed by atoms with Crippen LogP contribution in [0, 0.1) is 5.92 Å². The molecule has 2 aromatic carbocycles. The fourth-order valence-corrected chi connectivity index (χ4v) is 4.60. The van der Waals surface area contributed by atoms with Crippen molar-refractivity contribution < 1.29 is 19.1 Å². The van der Waals surface area contributed by atoms with Crippen LogP contribution in [0.1, 0.15) is 55.1 Å². The molecular weight excluding hydrogens is 484 g/mol. The van der Waals surface area contributed by atoms with Crippen LogP contribution in [0.3, 0.4) is 0 Å². The van der Waals surface area contributed by atoms with Gasteiger partial charge in [0.25, 0.3) is 5.91 Å². The normalized spacial score (nSPS) is 16.7. The number of carbonyl (C=O) groups excluding carboxylic acids is 3. The highest BCUT2D eigenvalue weighted by Crippen LogP contribution is 2.25. The van der Waals surface area contributed by atoms with E-state index in [-0.39, 0.29) is 36.2 Å². The van der Waals surface area contributed by atoms with Gasteiger partial charge in [-0.15, -0.1) is 0 Å². The first kappa shape index (κ1) is 25.0. The number of rotatable bonds is 8. The fourth-order valence-electron chi connectivity index (χ4n) is 4.20. The molecule has 3 rings (SSSR count). The molecule has 7 heteroatoms. The molecule has 6 nitrogen and oxygen atoms in total. The number of hydrogen-bond acceptors (Lipinski definition) is 4. The number of halogens is 1. The van der Waals surface area contributed by atoms with Gasteiger partial charge in [-0.3, -0.25) is 14.4 Å². The molecule has 0 aliphatic carbocycles. The van der Waals surface area contributed by atoms with Crippen molar-refractivity contribution in [3.63, 3.8) is 0 Å². The second-order valence-electron chi connectivity index (χ2n) is 8.28. The zero-order valence-corrected chi connectivity index (χ0v) is 20.8. The third-order valence-corrected chi connectivity index (χ3v) is 6.54. The highest BCUT2D eigenvalue weighted by Gasteiger charge is 2.30. The maximum atomic E-state index is 13.4. The standard InChI is InChI=1S/C26H31BrN2O4/c1-3-33-26(32)22-12-8-15-28(18-22)24(30)14-16-29(19(2)20-9-5-4-6-10-20)25(31)21-11-7-13-23(27)17-21/h4-7,9-11,13,17,19,22H,3,8,12,14-16,18H2,1-2H3. The molecule has 1 fully saturated rings. The van der Waals surface area contributed by atoms with E-state index >= 15 is 0 Å². The van der Waals surface area contributed by atoms with Crippen molar-refractivity contribution >= 4 is 33.7 Å². The summed E-state index contributed by atoms with van der Waals surface area (Å²) in [4.78, 5) is 42.1. The van der Waals surface area contributed by atoms with Gasteiger partial charge in [-0.2, -0.15) is 0 Å². The minimum Gasteiger partial charge on any atom is -0.466 e. The minimum absolute atomic E-state index is 0.0451. The van der Waals surface area contributed by atoms with Crippen LogP contribution in [0.15, 0.2) is 59.1 Å². The summed E-state index contributed by atoms with van der Waals surface area (Å²) in [5.41, 5.74) is 1.58. The average molecular weight is 515 g/mol. The van der Waals surface area contributed by atoms with Crippen molar-refractivity contribution in [1.29, 1.82) is 0 Å². The first-order chi connectivity index (χ1) is 15.9. The third kappa shape index (κ3) is 6.67. The van der Waals surface area contributed by atoms with Crippen molar-refractivity contribution in [2.75, 3.05) is 26.2 Å². The number of esters is 1. The van der Waals surface area contributed by atoms with Crippen LogP contribution >= 0.6 is 15.9 Å². The summed E-state index contributed by atoms with van der Waals surface area (Å²) >= 11 is 3.43. The molecule has 1 aliphatic heterocycles.